The van der Waals surface area contributed by atoms with Crippen LogP contribution in [0, 0.1) is 0 Å². The molecule has 0 saturated carbocycles. The molecule has 0 aliphatic heterocycles. The van der Waals surface area contributed by atoms with Gasteiger partial charge in [0.25, 0.3) is 0 Å². The zero-order valence-electron chi connectivity index (χ0n) is 8.69. The maximum atomic E-state index is 11.0. The molecule has 0 heterocycles. The average Bonchev–Trinajstić information content (AvgIpc) is 2.21. The van der Waals surface area contributed by atoms with E-state index in [0.29, 0.717) is 25.3 Å². The number of aromatic hydroxyl groups is 1. The molecular weight excluding hydrogens is 194 g/mol. The number of rotatable bonds is 5. The van der Waals surface area contributed by atoms with Crippen LogP contribution in [-0.4, -0.2) is 24.2 Å². The first kappa shape index (κ1) is 11.4. The van der Waals surface area contributed by atoms with Crippen molar-refractivity contribution < 1.29 is 14.6 Å². The second kappa shape index (κ2) is 5.90. The Morgan fingerprint density at radius 2 is 2.20 bits per heavy atom. The molecule has 82 valence electrons. The Labute approximate surface area is 88.9 Å². The van der Waals surface area contributed by atoms with Crippen LogP contribution in [0.3, 0.4) is 0 Å². The van der Waals surface area contributed by atoms with Gasteiger partial charge in [-0.2, -0.15) is 0 Å². The molecule has 0 aliphatic carbocycles. The highest BCUT2D eigenvalue weighted by Gasteiger charge is 2.02. The number of para-hydroxylation sites is 2. The van der Waals surface area contributed by atoms with Crippen molar-refractivity contribution in [3.8, 4) is 5.75 Å². The fourth-order valence-electron chi connectivity index (χ4n) is 1.16. The predicted molar refractivity (Wildman–Crippen MR) is 57.8 cm³/mol. The van der Waals surface area contributed by atoms with Crippen LogP contribution < -0.4 is 5.32 Å². The molecule has 0 aliphatic rings. The molecule has 1 aromatic carbocycles. The summed E-state index contributed by atoms with van der Waals surface area (Å²) in [5, 5.41) is 12.4. The van der Waals surface area contributed by atoms with Crippen molar-refractivity contribution in [1.82, 2.24) is 0 Å². The number of carbonyl (C=O) groups is 1. The van der Waals surface area contributed by atoms with Gasteiger partial charge in [0.15, 0.2) is 0 Å². The highest BCUT2D eigenvalue weighted by atomic mass is 16.5. The Balaban J connectivity index is 2.32. The van der Waals surface area contributed by atoms with Gasteiger partial charge in [0.05, 0.1) is 18.7 Å². The van der Waals surface area contributed by atoms with E-state index in [1.807, 2.05) is 6.07 Å². The predicted octanol–water partition coefficient (Wildman–Crippen LogP) is 1.76. The minimum absolute atomic E-state index is 0.182. The summed E-state index contributed by atoms with van der Waals surface area (Å²) in [5.41, 5.74) is 0.627. The minimum Gasteiger partial charge on any atom is -0.506 e. The summed E-state index contributed by atoms with van der Waals surface area (Å²) in [6.07, 6.45) is 0.294. The third kappa shape index (κ3) is 3.89. The van der Waals surface area contributed by atoms with Crippen LogP contribution in [-0.2, 0) is 9.53 Å². The van der Waals surface area contributed by atoms with Gasteiger partial charge < -0.3 is 15.2 Å². The Hall–Kier alpha value is -1.71. The van der Waals surface area contributed by atoms with E-state index in [-0.39, 0.29) is 11.7 Å². The van der Waals surface area contributed by atoms with Gasteiger partial charge in [0, 0.05) is 6.54 Å². The molecule has 0 fully saturated rings. The zero-order valence-corrected chi connectivity index (χ0v) is 8.69. The maximum absolute atomic E-state index is 11.0. The third-order valence-corrected chi connectivity index (χ3v) is 1.85. The molecule has 0 bridgehead atoms. The number of phenols is 1. The number of anilines is 1. The molecule has 4 nitrogen and oxygen atoms in total. The summed E-state index contributed by atoms with van der Waals surface area (Å²) in [5.74, 6) is -0.0539. The number of phenolic OH excluding ortho intramolecular Hbond substituents is 1. The number of benzene rings is 1. The summed E-state index contributed by atoms with van der Waals surface area (Å²) in [4.78, 5) is 11.0. The summed E-state index contributed by atoms with van der Waals surface area (Å²) in [7, 11) is 0. The number of hydrogen-bond acceptors (Lipinski definition) is 4. The van der Waals surface area contributed by atoms with Crippen LogP contribution in [0.2, 0.25) is 0 Å². The fraction of sp³-hybridized carbons (Fsp3) is 0.364. The lowest BCUT2D eigenvalue weighted by Crippen LogP contribution is -2.11. The number of nitrogens with one attached hydrogen (secondary N) is 1. The van der Waals surface area contributed by atoms with Crippen LogP contribution in [0.4, 0.5) is 5.69 Å². The molecule has 15 heavy (non-hydrogen) atoms. The maximum Gasteiger partial charge on any atom is 0.307 e. The van der Waals surface area contributed by atoms with Crippen molar-refractivity contribution >= 4 is 11.7 Å². The monoisotopic (exact) mass is 209 g/mol. The van der Waals surface area contributed by atoms with Crippen molar-refractivity contribution in [2.24, 2.45) is 0 Å². The molecule has 0 unspecified atom stereocenters. The van der Waals surface area contributed by atoms with Gasteiger partial charge in [0.1, 0.15) is 5.75 Å². The van der Waals surface area contributed by atoms with Gasteiger partial charge in [-0.3, -0.25) is 4.79 Å². The molecule has 4 heteroatoms. The number of ether oxygens (including phenoxy) is 1. The highest BCUT2D eigenvalue weighted by molar-refractivity contribution is 5.70. The third-order valence-electron chi connectivity index (χ3n) is 1.85. The van der Waals surface area contributed by atoms with E-state index in [1.54, 1.807) is 25.1 Å². The first-order chi connectivity index (χ1) is 7.24. The van der Waals surface area contributed by atoms with Gasteiger partial charge in [-0.1, -0.05) is 12.1 Å². The topological polar surface area (TPSA) is 58.6 Å². The van der Waals surface area contributed by atoms with Gasteiger partial charge >= 0.3 is 5.97 Å². The van der Waals surface area contributed by atoms with Crippen molar-refractivity contribution in [2.75, 3.05) is 18.5 Å². The van der Waals surface area contributed by atoms with E-state index in [1.165, 1.54) is 0 Å². The van der Waals surface area contributed by atoms with Crippen molar-refractivity contribution in [2.45, 2.75) is 13.3 Å². The summed E-state index contributed by atoms with van der Waals surface area (Å²) in [6, 6.07) is 6.89. The van der Waals surface area contributed by atoms with E-state index in [0.717, 1.165) is 0 Å². The summed E-state index contributed by atoms with van der Waals surface area (Å²) in [6.45, 7) is 2.63. The molecule has 0 atom stereocenters. The number of esters is 1. The molecular formula is C11H15NO3. The Morgan fingerprint density at radius 3 is 2.87 bits per heavy atom. The second-order valence-electron chi connectivity index (χ2n) is 3.00. The first-order valence-electron chi connectivity index (χ1n) is 4.91. The molecule has 0 radical (unpaired) electrons. The standard InChI is InChI=1S/C11H15NO3/c1-2-15-11(14)7-8-12-9-5-3-4-6-10(9)13/h3-6,12-13H,2,7-8H2,1H3. The van der Waals surface area contributed by atoms with Crippen LogP contribution in [0.25, 0.3) is 0 Å². The summed E-state index contributed by atoms with van der Waals surface area (Å²) >= 11 is 0. The average molecular weight is 209 g/mol. The minimum atomic E-state index is -0.236. The zero-order chi connectivity index (χ0) is 11.1. The van der Waals surface area contributed by atoms with Gasteiger partial charge in [-0.25, -0.2) is 0 Å². The molecule has 0 amide bonds. The van der Waals surface area contributed by atoms with Crippen LogP contribution in [0.1, 0.15) is 13.3 Å². The number of hydrogen-bond donors (Lipinski definition) is 2. The van der Waals surface area contributed by atoms with Crippen LogP contribution in [0.5, 0.6) is 5.75 Å². The van der Waals surface area contributed by atoms with Crippen molar-refractivity contribution in [1.29, 1.82) is 0 Å². The molecule has 0 saturated heterocycles. The smallest absolute Gasteiger partial charge is 0.307 e. The molecule has 0 aromatic heterocycles. The van der Waals surface area contributed by atoms with E-state index in [4.69, 9.17) is 4.74 Å². The first-order valence-corrected chi connectivity index (χ1v) is 4.91. The molecule has 1 rings (SSSR count). The van der Waals surface area contributed by atoms with Crippen LogP contribution in [0.15, 0.2) is 24.3 Å². The molecule has 2 N–H and O–H groups in total. The van der Waals surface area contributed by atoms with Crippen molar-refractivity contribution in [3.05, 3.63) is 24.3 Å². The van der Waals surface area contributed by atoms with Crippen LogP contribution >= 0.6 is 0 Å². The SMILES string of the molecule is CCOC(=O)CCNc1ccccc1O. The van der Waals surface area contributed by atoms with Gasteiger partial charge in [0.2, 0.25) is 0 Å². The normalized spacial score (nSPS) is 9.67. The second-order valence-corrected chi connectivity index (χ2v) is 3.00. The molecule has 1 aromatic rings. The molecule has 0 spiro atoms. The fourth-order valence-corrected chi connectivity index (χ4v) is 1.16. The lowest BCUT2D eigenvalue weighted by atomic mass is 10.3. The van der Waals surface area contributed by atoms with E-state index >= 15 is 0 Å². The van der Waals surface area contributed by atoms with Gasteiger partial charge in [-0.15, -0.1) is 0 Å². The Kier molecular flexibility index (Phi) is 4.47. The highest BCUT2D eigenvalue weighted by Crippen LogP contribution is 2.21. The largest absolute Gasteiger partial charge is 0.506 e. The van der Waals surface area contributed by atoms with E-state index in [9.17, 15) is 9.90 Å². The Morgan fingerprint density at radius 1 is 1.47 bits per heavy atom. The van der Waals surface area contributed by atoms with Crippen molar-refractivity contribution in [3.63, 3.8) is 0 Å². The van der Waals surface area contributed by atoms with E-state index in [2.05, 4.69) is 5.32 Å². The van der Waals surface area contributed by atoms with Gasteiger partial charge in [-0.05, 0) is 19.1 Å². The van der Waals surface area contributed by atoms with E-state index < -0.39 is 0 Å². The number of carbonyl (C=O) groups excluding carboxylic acids is 1. The summed E-state index contributed by atoms with van der Waals surface area (Å²) < 4.78 is 4.77. The lowest BCUT2D eigenvalue weighted by Gasteiger charge is -2.07. The lowest BCUT2D eigenvalue weighted by molar-refractivity contribution is -0.142. The Bertz CT molecular complexity index is 325. The quantitative estimate of drug-likeness (QED) is 0.573.